The van der Waals surface area contributed by atoms with Crippen molar-refractivity contribution in [3.63, 3.8) is 0 Å². The topological polar surface area (TPSA) is 103 Å². The maximum Gasteiger partial charge on any atom is 0.328 e. The summed E-state index contributed by atoms with van der Waals surface area (Å²) < 4.78 is 5.70. The van der Waals surface area contributed by atoms with E-state index in [2.05, 4.69) is 15.6 Å². The number of ether oxygens (including phenoxy) is 1. The monoisotopic (exact) mass is 332 g/mol. The molecule has 2 atom stereocenters. The zero-order chi connectivity index (χ0) is 17.9. The number of nitrogens with one attached hydrogen (secondary N) is 1. The highest BCUT2D eigenvalue weighted by atomic mass is 16.5. The fourth-order valence-corrected chi connectivity index (χ4v) is 2.27. The van der Waals surface area contributed by atoms with Gasteiger partial charge in [0.05, 0.1) is 12.5 Å². The molecule has 0 bridgehead atoms. The number of hydrogen-bond donors (Lipinski definition) is 1. The number of amides is 1. The van der Waals surface area contributed by atoms with E-state index in [0.29, 0.717) is 10.9 Å². The first-order valence-corrected chi connectivity index (χ1v) is 7.59. The SMILES string of the molecule is COC(=O)[C@@H](NC(=O)[C@H](C)n1nnc2ccccc2c1=O)C(C)C. The van der Waals surface area contributed by atoms with Crippen LogP contribution in [-0.4, -0.2) is 40.0 Å². The van der Waals surface area contributed by atoms with Crippen LogP contribution in [0.1, 0.15) is 26.8 Å². The van der Waals surface area contributed by atoms with E-state index in [1.807, 2.05) is 0 Å². The highest BCUT2D eigenvalue weighted by Crippen LogP contribution is 2.09. The van der Waals surface area contributed by atoms with Crippen LogP contribution in [0.3, 0.4) is 0 Å². The Morgan fingerprint density at radius 1 is 1.21 bits per heavy atom. The van der Waals surface area contributed by atoms with Gasteiger partial charge in [-0.2, -0.15) is 4.68 Å². The smallest absolute Gasteiger partial charge is 0.328 e. The third kappa shape index (κ3) is 3.42. The fourth-order valence-electron chi connectivity index (χ4n) is 2.27. The van der Waals surface area contributed by atoms with Crippen LogP contribution in [0, 0.1) is 5.92 Å². The lowest BCUT2D eigenvalue weighted by Gasteiger charge is -2.22. The lowest BCUT2D eigenvalue weighted by molar-refractivity contribution is -0.146. The van der Waals surface area contributed by atoms with Crippen LogP contribution >= 0.6 is 0 Å². The normalized spacial score (nSPS) is 13.5. The third-order valence-corrected chi connectivity index (χ3v) is 3.76. The molecule has 0 aliphatic carbocycles. The molecule has 24 heavy (non-hydrogen) atoms. The zero-order valence-corrected chi connectivity index (χ0v) is 14.0. The van der Waals surface area contributed by atoms with E-state index in [1.54, 1.807) is 38.1 Å². The Morgan fingerprint density at radius 2 is 1.88 bits per heavy atom. The second-order valence-electron chi connectivity index (χ2n) is 5.79. The van der Waals surface area contributed by atoms with Crippen LogP contribution in [-0.2, 0) is 14.3 Å². The van der Waals surface area contributed by atoms with Gasteiger partial charge < -0.3 is 10.1 Å². The molecule has 1 heterocycles. The minimum atomic E-state index is -0.916. The Hall–Kier alpha value is -2.77. The molecule has 1 aromatic carbocycles. The molecule has 0 fully saturated rings. The van der Waals surface area contributed by atoms with Crippen molar-refractivity contribution in [3.8, 4) is 0 Å². The predicted molar refractivity (Wildman–Crippen MR) is 87.3 cm³/mol. The van der Waals surface area contributed by atoms with E-state index >= 15 is 0 Å². The number of carbonyl (C=O) groups excluding carboxylic acids is 2. The number of esters is 1. The summed E-state index contributed by atoms with van der Waals surface area (Å²) in [5.41, 5.74) is 0.0448. The number of rotatable bonds is 5. The maximum atomic E-state index is 12.5. The van der Waals surface area contributed by atoms with Gasteiger partial charge in [0, 0.05) is 0 Å². The summed E-state index contributed by atoms with van der Waals surface area (Å²) in [5, 5.41) is 10.7. The minimum absolute atomic E-state index is 0.159. The number of fused-ring (bicyclic) bond motifs is 1. The molecule has 128 valence electrons. The van der Waals surface area contributed by atoms with Crippen molar-refractivity contribution >= 4 is 22.8 Å². The summed E-state index contributed by atoms with van der Waals surface area (Å²) in [6.45, 7) is 5.10. The van der Waals surface area contributed by atoms with Crippen LogP contribution in [0.15, 0.2) is 29.1 Å². The largest absolute Gasteiger partial charge is 0.467 e. The van der Waals surface area contributed by atoms with Crippen LogP contribution in [0.2, 0.25) is 0 Å². The van der Waals surface area contributed by atoms with Crippen molar-refractivity contribution < 1.29 is 14.3 Å². The minimum Gasteiger partial charge on any atom is -0.467 e. The van der Waals surface area contributed by atoms with Gasteiger partial charge in [0.1, 0.15) is 17.6 Å². The second-order valence-corrected chi connectivity index (χ2v) is 5.79. The molecule has 0 saturated heterocycles. The van der Waals surface area contributed by atoms with Crippen molar-refractivity contribution in [1.29, 1.82) is 0 Å². The number of hydrogen-bond acceptors (Lipinski definition) is 6. The predicted octanol–water partition coefficient (Wildman–Crippen LogP) is 0.666. The first kappa shape index (κ1) is 17.6. The molecular weight excluding hydrogens is 312 g/mol. The molecule has 0 aliphatic rings. The van der Waals surface area contributed by atoms with Gasteiger partial charge in [0.2, 0.25) is 5.91 Å². The zero-order valence-electron chi connectivity index (χ0n) is 14.0. The average molecular weight is 332 g/mol. The van der Waals surface area contributed by atoms with Crippen molar-refractivity contribution in [2.75, 3.05) is 7.11 Å². The molecular formula is C16H20N4O4. The van der Waals surface area contributed by atoms with E-state index in [1.165, 1.54) is 14.0 Å². The number of benzene rings is 1. The summed E-state index contributed by atoms with van der Waals surface area (Å²) in [4.78, 5) is 36.6. The molecule has 8 nitrogen and oxygen atoms in total. The molecule has 0 aliphatic heterocycles. The highest BCUT2D eigenvalue weighted by Gasteiger charge is 2.28. The number of nitrogens with zero attached hydrogens (tertiary/aromatic N) is 3. The van der Waals surface area contributed by atoms with E-state index in [4.69, 9.17) is 4.74 Å². The molecule has 0 spiro atoms. The van der Waals surface area contributed by atoms with Gasteiger partial charge >= 0.3 is 5.97 Å². The Labute approximate surface area is 138 Å². The molecule has 2 rings (SSSR count). The van der Waals surface area contributed by atoms with E-state index in [-0.39, 0.29) is 5.92 Å². The second kappa shape index (κ2) is 7.20. The standard InChI is InChI=1S/C16H20N4O4/c1-9(2)13(16(23)24-4)17-14(21)10(3)20-15(22)11-7-5-6-8-12(11)18-19-20/h5-10,13H,1-4H3,(H,17,21)/t10-,13-/m0/s1. The van der Waals surface area contributed by atoms with E-state index in [9.17, 15) is 14.4 Å². The number of aromatic nitrogens is 3. The van der Waals surface area contributed by atoms with Gasteiger partial charge in [0.25, 0.3) is 5.56 Å². The van der Waals surface area contributed by atoms with E-state index < -0.39 is 29.5 Å². The van der Waals surface area contributed by atoms with Crippen LogP contribution in [0.4, 0.5) is 0 Å². The van der Waals surface area contributed by atoms with Crippen molar-refractivity contribution in [1.82, 2.24) is 20.3 Å². The lowest BCUT2D eigenvalue weighted by atomic mass is 10.0. The van der Waals surface area contributed by atoms with Crippen molar-refractivity contribution in [2.45, 2.75) is 32.9 Å². The Balaban J connectivity index is 2.29. The Morgan fingerprint density at radius 3 is 2.50 bits per heavy atom. The summed E-state index contributed by atoms with van der Waals surface area (Å²) in [6.07, 6.45) is 0. The van der Waals surface area contributed by atoms with Gasteiger partial charge in [-0.1, -0.05) is 31.2 Å². The first-order valence-electron chi connectivity index (χ1n) is 7.59. The third-order valence-electron chi connectivity index (χ3n) is 3.76. The first-order chi connectivity index (χ1) is 11.4. The molecule has 8 heteroatoms. The fraction of sp³-hybridized carbons (Fsp3) is 0.438. The molecule has 2 aromatic rings. The Bertz CT molecular complexity index is 815. The molecule has 0 saturated carbocycles. The summed E-state index contributed by atoms with van der Waals surface area (Å²) in [5.74, 6) is -1.21. The van der Waals surface area contributed by atoms with Crippen molar-refractivity contribution in [2.24, 2.45) is 5.92 Å². The van der Waals surface area contributed by atoms with Crippen molar-refractivity contribution in [3.05, 3.63) is 34.6 Å². The van der Waals surface area contributed by atoms with Gasteiger partial charge in [-0.3, -0.25) is 9.59 Å². The quantitative estimate of drug-likeness (QED) is 0.807. The Kier molecular flexibility index (Phi) is 5.28. The number of methoxy groups -OCH3 is 1. The highest BCUT2D eigenvalue weighted by molar-refractivity contribution is 5.86. The maximum absolute atomic E-state index is 12.5. The van der Waals surface area contributed by atoms with Gasteiger partial charge in [0.15, 0.2) is 0 Å². The van der Waals surface area contributed by atoms with Crippen LogP contribution in [0.25, 0.3) is 10.9 Å². The molecule has 0 radical (unpaired) electrons. The average Bonchev–Trinajstić information content (AvgIpc) is 2.58. The van der Waals surface area contributed by atoms with Gasteiger partial charge in [-0.15, -0.1) is 5.10 Å². The number of carbonyl (C=O) groups is 2. The molecule has 1 N–H and O–H groups in total. The summed E-state index contributed by atoms with van der Waals surface area (Å²) >= 11 is 0. The van der Waals surface area contributed by atoms with Crippen LogP contribution in [0.5, 0.6) is 0 Å². The summed E-state index contributed by atoms with van der Waals surface area (Å²) in [6, 6.07) is 5.05. The van der Waals surface area contributed by atoms with Gasteiger partial charge in [-0.25, -0.2) is 4.79 Å². The van der Waals surface area contributed by atoms with E-state index in [0.717, 1.165) is 4.68 Å². The molecule has 1 aromatic heterocycles. The molecule has 0 unspecified atom stereocenters. The van der Waals surface area contributed by atoms with Crippen LogP contribution < -0.4 is 10.9 Å². The lowest BCUT2D eigenvalue weighted by Crippen LogP contribution is -2.48. The van der Waals surface area contributed by atoms with Gasteiger partial charge in [-0.05, 0) is 25.0 Å². The summed E-state index contributed by atoms with van der Waals surface area (Å²) in [7, 11) is 1.26. The molecule has 1 amide bonds.